The van der Waals surface area contributed by atoms with Crippen molar-refractivity contribution in [2.24, 2.45) is 0 Å². The number of carbonyl (C=O) groups excluding carboxylic acids is 1. The van der Waals surface area contributed by atoms with E-state index >= 15 is 0 Å². The predicted octanol–water partition coefficient (Wildman–Crippen LogP) is 3.86. The molecule has 27 heavy (non-hydrogen) atoms. The molecule has 0 spiro atoms. The first-order chi connectivity index (χ1) is 13.1. The van der Waals surface area contributed by atoms with Gasteiger partial charge >= 0.3 is 0 Å². The second-order valence-electron chi connectivity index (χ2n) is 6.12. The summed E-state index contributed by atoms with van der Waals surface area (Å²) in [5.74, 6) is 1.30. The lowest BCUT2D eigenvalue weighted by Crippen LogP contribution is -2.33. The van der Waals surface area contributed by atoms with Crippen LogP contribution in [0.3, 0.4) is 0 Å². The van der Waals surface area contributed by atoms with Crippen LogP contribution in [0.2, 0.25) is 0 Å². The maximum atomic E-state index is 12.8. The minimum Gasteiger partial charge on any atom is -0.461 e. The maximum absolute atomic E-state index is 12.8. The number of hydrogen-bond donors (Lipinski definition) is 0. The SMILES string of the molecule is C=CCn1c(SC(C)C(=O)N(C)Cc2ccccc2)nnc1-c1ccco1. The fraction of sp³-hybridized carbons (Fsp3) is 0.250. The fourth-order valence-electron chi connectivity index (χ4n) is 2.71. The zero-order valence-corrected chi connectivity index (χ0v) is 16.2. The van der Waals surface area contributed by atoms with E-state index in [4.69, 9.17) is 4.42 Å². The Morgan fingerprint density at radius 3 is 2.74 bits per heavy atom. The summed E-state index contributed by atoms with van der Waals surface area (Å²) < 4.78 is 7.34. The molecule has 3 aromatic rings. The molecule has 3 rings (SSSR count). The third-order valence-corrected chi connectivity index (χ3v) is 5.11. The Hall–Kier alpha value is -2.80. The highest BCUT2D eigenvalue weighted by atomic mass is 32.2. The normalized spacial score (nSPS) is 11.9. The maximum Gasteiger partial charge on any atom is 0.235 e. The van der Waals surface area contributed by atoms with Crippen molar-refractivity contribution in [2.45, 2.75) is 30.4 Å². The number of aromatic nitrogens is 3. The van der Waals surface area contributed by atoms with Gasteiger partial charge in [0.15, 0.2) is 10.9 Å². The van der Waals surface area contributed by atoms with Crippen LogP contribution in [-0.4, -0.2) is 37.9 Å². The van der Waals surface area contributed by atoms with Gasteiger partial charge in [-0.3, -0.25) is 9.36 Å². The highest BCUT2D eigenvalue weighted by Gasteiger charge is 2.23. The van der Waals surface area contributed by atoms with Crippen molar-refractivity contribution in [2.75, 3.05) is 7.05 Å². The predicted molar refractivity (Wildman–Crippen MR) is 106 cm³/mol. The average molecular weight is 382 g/mol. The Kier molecular flexibility index (Phi) is 6.13. The molecule has 140 valence electrons. The highest BCUT2D eigenvalue weighted by molar-refractivity contribution is 8.00. The van der Waals surface area contributed by atoms with Crippen LogP contribution < -0.4 is 0 Å². The van der Waals surface area contributed by atoms with Gasteiger partial charge in [0.05, 0.1) is 11.5 Å². The smallest absolute Gasteiger partial charge is 0.235 e. The van der Waals surface area contributed by atoms with Crippen LogP contribution in [0.15, 0.2) is 71.0 Å². The summed E-state index contributed by atoms with van der Waals surface area (Å²) in [6.45, 7) is 6.78. The molecule has 1 unspecified atom stereocenters. The van der Waals surface area contributed by atoms with Crippen molar-refractivity contribution >= 4 is 17.7 Å². The molecule has 6 nitrogen and oxygen atoms in total. The Labute approximate surface area is 162 Å². The number of nitrogens with zero attached hydrogens (tertiary/aromatic N) is 4. The van der Waals surface area contributed by atoms with E-state index in [1.54, 1.807) is 23.3 Å². The van der Waals surface area contributed by atoms with E-state index in [9.17, 15) is 4.79 Å². The van der Waals surface area contributed by atoms with E-state index in [2.05, 4.69) is 16.8 Å². The van der Waals surface area contributed by atoms with Crippen molar-refractivity contribution in [3.63, 3.8) is 0 Å². The average Bonchev–Trinajstić information content (AvgIpc) is 3.32. The Bertz CT molecular complexity index is 890. The summed E-state index contributed by atoms with van der Waals surface area (Å²) in [6.07, 6.45) is 3.37. The fourth-order valence-corrected chi connectivity index (χ4v) is 3.68. The molecule has 0 saturated carbocycles. The molecule has 7 heteroatoms. The zero-order chi connectivity index (χ0) is 19.2. The highest BCUT2D eigenvalue weighted by Crippen LogP contribution is 2.28. The second kappa shape index (κ2) is 8.73. The number of furan rings is 1. The van der Waals surface area contributed by atoms with Crippen molar-refractivity contribution in [1.29, 1.82) is 0 Å². The zero-order valence-electron chi connectivity index (χ0n) is 15.4. The standard InChI is InChI=1S/C20H22N4O2S/c1-4-12-24-18(17-11-8-13-26-17)21-22-20(24)27-15(2)19(25)23(3)14-16-9-6-5-7-10-16/h4-11,13,15H,1,12,14H2,2-3H3. The lowest BCUT2D eigenvalue weighted by Gasteiger charge is -2.21. The van der Waals surface area contributed by atoms with Crippen LogP contribution in [0.1, 0.15) is 12.5 Å². The molecule has 0 N–H and O–H groups in total. The molecular formula is C20H22N4O2S. The quantitative estimate of drug-likeness (QED) is 0.437. The summed E-state index contributed by atoms with van der Waals surface area (Å²) in [4.78, 5) is 14.5. The van der Waals surface area contributed by atoms with Crippen LogP contribution in [0.25, 0.3) is 11.6 Å². The minimum absolute atomic E-state index is 0.0385. The molecular weight excluding hydrogens is 360 g/mol. The van der Waals surface area contributed by atoms with E-state index < -0.39 is 0 Å². The summed E-state index contributed by atoms with van der Waals surface area (Å²) >= 11 is 1.38. The van der Waals surface area contributed by atoms with Gasteiger partial charge in [-0.05, 0) is 24.6 Å². The molecule has 0 aliphatic carbocycles. The number of hydrogen-bond acceptors (Lipinski definition) is 5. The van der Waals surface area contributed by atoms with E-state index in [1.165, 1.54) is 11.8 Å². The molecule has 1 aromatic carbocycles. The number of amides is 1. The van der Waals surface area contributed by atoms with Gasteiger partial charge in [0.2, 0.25) is 11.7 Å². The van der Waals surface area contributed by atoms with Crippen molar-refractivity contribution < 1.29 is 9.21 Å². The van der Waals surface area contributed by atoms with Crippen LogP contribution in [0.4, 0.5) is 0 Å². The summed E-state index contributed by atoms with van der Waals surface area (Å²) in [6, 6.07) is 13.6. The molecule has 2 aromatic heterocycles. The lowest BCUT2D eigenvalue weighted by molar-refractivity contribution is -0.129. The van der Waals surface area contributed by atoms with E-state index in [0.717, 1.165) is 5.56 Å². The monoisotopic (exact) mass is 382 g/mol. The number of benzene rings is 1. The molecule has 0 fully saturated rings. The van der Waals surface area contributed by atoms with Gasteiger partial charge in [0, 0.05) is 20.1 Å². The summed E-state index contributed by atoms with van der Waals surface area (Å²) in [7, 11) is 1.81. The first kappa shape index (κ1) is 19.0. The minimum atomic E-state index is -0.295. The van der Waals surface area contributed by atoms with Gasteiger partial charge in [0.1, 0.15) is 0 Å². The number of carbonyl (C=O) groups is 1. The molecule has 0 aliphatic rings. The molecule has 0 radical (unpaired) electrons. The molecule has 1 atom stereocenters. The van der Waals surface area contributed by atoms with Crippen LogP contribution in [-0.2, 0) is 17.9 Å². The van der Waals surface area contributed by atoms with Crippen LogP contribution >= 0.6 is 11.8 Å². The molecule has 0 saturated heterocycles. The summed E-state index contributed by atoms with van der Waals surface area (Å²) in [5, 5.41) is 8.85. The van der Waals surface area contributed by atoms with Crippen LogP contribution in [0, 0.1) is 0 Å². The summed E-state index contributed by atoms with van der Waals surface area (Å²) in [5.41, 5.74) is 1.10. The van der Waals surface area contributed by atoms with Gasteiger partial charge in [0.25, 0.3) is 0 Å². The van der Waals surface area contributed by atoms with Gasteiger partial charge in [-0.15, -0.1) is 16.8 Å². The van der Waals surface area contributed by atoms with E-state index in [1.807, 2.05) is 54.9 Å². The Morgan fingerprint density at radius 2 is 2.07 bits per heavy atom. The third kappa shape index (κ3) is 4.49. The van der Waals surface area contributed by atoms with Crippen molar-refractivity contribution in [3.8, 4) is 11.6 Å². The number of thioether (sulfide) groups is 1. The largest absolute Gasteiger partial charge is 0.461 e. The molecule has 2 heterocycles. The van der Waals surface area contributed by atoms with Gasteiger partial charge in [-0.2, -0.15) is 0 Å². The second-order valence-corrected chi connectivity index (χ2v) is 7.43. The third-order valence-electron chi connectivity index (χ3n) is 4.04. The molecule has 0 aliphatic heterocycles. The van der Waals surface area contributed by atoms with Gasteiger partial charge in [-0.25, -0.2) is 0 Å². The van der Waals surface area contributed by atoms with Crippen molar-refractivity contribution in [1.82, 2.24) is 19.7 Å². The molecule has 1 amide bonds. The topological polar surface area (TPSA) is 64.2 Å². The van der Waals surface area contributed by atoms with E-state index in [0.29, 0.717) is 29.8 Å². The first-order valence-electron chi connectivity index (χ1n) is 8.63. The Balaban J connectivity index is 1.72. The van der Waals surface area contributed by atoms with Crippen LogP contribution in [0.5, 0.6) is 0 Å². The van der Waals surface area contributed by atoms with Gasteiger partial charge in [-0.1, -0.05) is 48.2 Å². The number of allylic oxidation sites excluding steroid dienone is 1. The number of rotatable bonds is 8. The van der Waals surface area contributed by atoms with Crippen molar-refractivity contribution in [3.05, 3.63) is 66.9 Å². The Morgan fingerprint density at radius 1 is 1.30 bits per heavy atom. The van der Waals surface area contributed by atoms with E-state index in [-0.39, 0.29) is 11.2 Å². The first-order valence-corrected chi connectivity index (χ1v) is 9.51. The van der Waals surface area contributed by atoms with Gasteiger partial charge < -0.3 is 9.32 Å². The lowest BCUT2D eigenvalue weighted by atomic mass is 10.2. The molecule has 0 bridgehead atoms.